The van der Waals surface area contributed by atoms with Gasteiger partial charge in [0.2, 0.25) is 5.78 Å². The molecule has 2 aromatic rings. The molecule has 1 N–H and O–H groups in total. The molecule has 4 rings (SSSR count). The maximum Gasteiger partial charge on any atom is 0.290 e. The van der Waals surface area contributed by atoms with E-state index in [4.69, 9.17) is 4.74 Å². The molecule has 2 aliphatic rings. The fourth-order valence-electron chi connectivity index (χ4n) is 3.58. The number of amides is 1. The van der Waals surface area contributed by atoms with Crippen molar-refractivity contribution in [3.8, 4) is 0 Å². The number of aromatic nitrogens is 1. The van der Waals surface area contributed by atoms with Crippen LogP contribution in [0.5, 0.6) is 0 Å². The summed E-state index contributed by atoms with van der Waals surface area (Å²) >= 11 is 1.29. The van der Waals surface area contributed by atoms with Crippen LogP contribution < -0.4 is 0 Å². The third kappa shape index (κ3) is 3.58. The standard InChI is InChI=1S/C20H21N3O4S/c24-18(15-5-3-13-28-15)16-17(14-4-1-2-6-21-14)23(20(26)19(16)25)8-7-22-9-11-27-12-10-22/h1-6,13,17,25H,7-12H2/t17-/m1/s1. The number of rotatable bonds is 6. The van der Waals surface area contributed by atoms with Crippen molar-refractivity contribution in [2.24, 2.45) is 0 Å². The molecular formula is C20H21N3O4S. The van der Waals surface area contributed by atoms with Crippen molar-refractivity contribution in [1.82, 2.24) is 14.8 Å². The first-order chi connectivity index (χ1) is 13.7. The fourth-order valence-corrected chi connectivity index (χ4v) is 4.25. The number of ether oxygens (including phenoxy) is 1. The van der Waals surface area contributed by atoms with Crippen LogP contribution in [0, 0.1) is 0 Å². The van der Waals surface area contributed by atoms with Gasteiger partial charge in [0.1, 0.15) is 6.04 Å². The normalized spacial score (nSPS) is 20.8. The zero-order valence-corrected chi connectivity index (χ0v) is 16.1. The first-order valence-corrected chi connectivity index (χ1v) is 10.1. The number of thiophene rings is 1. The van der Waals surface area contributed by atoms with Crippen molar-refractivity contribution in [3.63, 3.8) is 0 Å². The lowest BCUT2D eigenvalue weighted by atomic mass is 9.99. The van der Waals surface area contributed by atoms with Gasteiger partial charge in [-0.1, -0.05) is 12.1 Å². The summed E-state index contributed by atoms with van der Waals surface area (Å²) in [5.41, 5.74) is 0.676. The molecule has 0 aromatic carbocycles. The van der Waals surface area contributed by atoms with Crippen molar-refractivity contribution >= 4 is 23.0 Å². The molecule has 0 aliphatic carbocycles. The molecule has 0 bridgehead atoms. The van der Waals surface area contributed by atoms with Crippen LogP contribution in [0.25, 0.3) is 0 Å². The highest BCUT2D eigenvalue weighted by molar-refractivity contribution is 7.12. The molecule has 146 valence electrons. The average molecular weight is 399 g/mol. The third-order valence-corrected chi connectivity index (χ3v) is 5.89. The Labute approximate surface area is 166 Å². The second-order valence-corrected chi connectivity index (χ2v) is 7.63. The number of hydrogen-bond donors (Lipinski definition) is 1. The van der Waals surface area contributed by atoms with E-state index in [1.807, 2.05) is 6.07 Å². The van der Waals surface area contributed by atoms with Crippen molar-refractivity contribution < 1.29 is 19.4 Å². The number of carbonyl (C=O) groups is 2. The summed E-state index contributed by atoms with van der Waals surface area (Å²) in [5.74, 6) is -1.33. The zero-order chi connectivity index (χ0) is 19.5. The summed E-state index contributed by atoms with van der Waals surface area (Å²) in [6, 6.07) is 8.16. The Morgan fingerprint density at radius 3 is 2.71 bits per heavy atom. The van der Waals surface area contributed by atoms with E-state index in [2.05, 4.69) is 9.88 Å². The Morgan fingerprint density at radius 1 is 1.21 bits per heavy atom. The van der Waals surface area contributed by atoms with Crippen LogP contribution in [0.4, 0.5) is 0 Å². The van der Waals surface area contributed by atoms with Crippen LogP contribution in [0.3, 0.4) is 0 Å². The number of carbonyl (C=O) groups excluding carboxylic acids is 2. The minimum absolute atomic E-state index is 0.105. The second kappa shape index (κ2) is 8.22. The smallest absolute Gasteiger partial charge is 0.290 e. The summed E-state index contributed by atoms with van der Waals surface area (Å²) in [6.45, 7) is 3.98. The van der Waals surface area contributed by atoms with Gasteiger partial charge in [0.15, 0.2) is 5.76 Å². The van der Waals surface area contributed by atoms with Gasteiger partial charge in [-0.05, 0) is 23.6 Å². The maximum absolute atomic E-state index is 13.1. The van der Waals surface area contributed by atoms with Crippen molar-refractivity contribution in [2.75, 3.05) is 39.4 Å². The second-order valence-electron chi connectivity index (χ2n) is 6.68. The fraction of sp³-hybridized carbons (Fsp3) is 0.350. The highest BCUT2D eigenvalue weighted by Gasteiger charge is 2.44. The average Bonchev–Trinajstić information content (AvgIpc) is 3.36. The summed E-state index contributed by atoms with van der Waals surface area (Å²) < 4.78 is 5.37. The van der Waals surface area contributed by atoms with E-state index >= 15 is 0 Å². The highest BCUT2D eigenvalue weighted by Crippen LogP contribution is 2.38. The predicted molar refractivity (Wildman–Crippen MR) is 104 cm³/mol. The first-order valence-electron chi connectivity index (χ1n) is 9.20. The third-order valence-electron chi connectivity index (χ3n) is 5.02. The van der Waals surface area contributed by atoms with E-state index in [0.717, 1.165) is 13.1 Å². The highest BCUT2D eigenvalue weighted by atomic mass is 32.1. The SMILES string of the molecule is O=C(C1=C(O)C(=O)N(CCN2CCOCC2)[C@@H]1c1ccccn1)c1cccs1. The molecule has 1 saturated heterocycles. The van der Waals surface area contributed by atoms with Crippen LogP contribution in [0.15, 0.2) is 53.2 Å². The molecule has 0 radical (unpaired) electrons. The number of hydrogen-bond acceptors (Lipinski definition) is 7. The molecule has 0 saturated carbocycles. The van der Waals surface area contributed by atoms with E-state index in [1.54, 1.807) is 40.7 Å². The molecule has 0 spiro atoms. The Balaban J connectivity index is 1.64. The first kappa shape index (κ1) is 18.8. The van der Waals surface area contributed by atoms with Crippen LogP contribution in [0.2, 0.25) is 0 Å². The molecule has 1 amide bonds. The van der Waals surface area contributed by atoms with Crippen LogP contribution in [-0.2, 0) is 9.53 Å². The molecule has 0 unspecified atom stereocenters. The molecule has 1 atom stereocenters. The van der Waals surface area contributed by atoms with E-state index in [-0.39, 0.29) is 11.4 Å². The summed E-state index contributed by atoms with van der Waals surface area (Å²) in [6.07, 6.45) is 1.63. The Kier molecular flexibility index (Phi) is 5.52. The molecule has 8 heteroatoms. The van der Waals surface area contributed by atoms with Gasteiger partial charge >= 0.3 is 0 Å². The summed E-state index contributed by atoms with van der Waals surface area (Å²) in [5, 5.41) is 12.4. The minimum atomic E-state index is -0.690. The number of morpholine rings is 1. The quantitative estimate of drug-likeness (QED) is 0.749. The molecule has 7 nitrogen and oxygen atoms in total. The lowest BCUT2D eigenvalue weighted by Gasteiger charge is -2.31. The Morgan fingerprint density at radius 2 is 2.04 bits per heavy atom. The number of ketones is 1. The van der Waals surface area contributed by atoms with Gasteiger partial charge in [-0.25, -0.2) is 0 Å². The van der Waals surface area contributed by atoms with Gasteiger partial charge in [0, 0.05) is 32.4 Å². The van der Waals surface area contributed by atoms with Gasteiger partial charge in [-0.15, -0.1) is 11.3 Å². The number of aliphatic hydroxyl groups excluding tert-OH is 1. The number of pyridine rings is 1. The largest absolute Gasteiger partial charge is 0.503 e. The molecule has 1 fully saturated rings. The van der Waals surface area contributed by atoms with E-state index in [0.29, 0.717) is 36.9 Å². The van der Waals surface area contributed by atoms with Crippen LogP contribution >= 0.6 is 11.3 Å². The molecule has 28 heavy (non-hydrogen) atoms. The van der Waals surface area contributed by atoms with Gasteiger partial charge in [-0.3, -0.25) is 19.5 Å². The Hall–Kier alpha value is -2.55. The van der Waals surface area contributed by atoms with Crippen molar-refractivity contribution in [2.45, 2.75) is 6.04 Å². The van der Waals surface area contributed by atoms with Gasteiger partial charge in [-0.2, -0.15) is 0 Å². The number of aliphatic hydroxyl groups is 1. The topological polar surface area (TPSA) is 83.0 Å². The van der Waals surface area contributed by atoms with Crippen LogP contribution in [-0.4, -0.2) is 71.0 Å². The van der Waals surface area contributed by atoms with E-state index in [1.165, 1.54) is 11.3 Å². The lowest BCUT2D eigenvalue weighted by molar-refractivity contribution is -0.129. The predicted octanol–water partition coefficient (Wildman–Crippen LogP) is 2.05. The maximum atomic E-state index is 13.1. The van der Waals surface area contributed by atoms with E-state index < -0.39 is 17.7 Å². The molecule has 4 heterocycles. The monoisotopic (exact) mass is 399 g/mol. The zero-order valence-electron chi connectivity index (χ0n) is 15.3. The number of Topliss-reactive ketones (excluding diaryl/α,β-unsaturated/α-hetero) is 1. The summed E-state index contributed by atoms with van der Waals surface area (Å²) in [7, 11) is 0. The van der Waals surface area contributed by atoms with Gasteiger partial charge < -0.3 is 14.7 Å². The van der Waals surface area contributed by atoms with Gasteiger partial charge in [0.25, 0.3) is 5.91 Å². The van der Waals surface area contributed by atoms with Gasteiger partial charge in [0.05, 0.1) is 29.4 Å². The van der Waals surface area contributed by atoms with Crippen LogP contribution in [0.1, 0.15) is 21.4 Å². The van der Waals surface area contributed by atoms with E-state index in [9.17, 15) is 14.7 Å². The minimum Gasteiger partial charge on any atom is -0.503 e. The van der Waals surface area contributed by atoms with Crippen molar-refractivity contribution in [3.05, 3.63) is 63.8 Å². The molecule has 2 aromatic heterocycles. The van der Waals surface area contributed by atoms with Crippen molar-refractivity contribution in [1.29, 1.82) is 0 Å². The number of nitrogens with zero attached hydrogens (tertiary/aromatic N) is 3. The molecule has 2 aliphatic heterocycles. The Bertz CT molecular complexity index is 876. The lowest BCUT2D eigenvalue weighted by Crippen LogP contribution is -2.43. The summed E-state index contributed by atoms with van der Waals surface area (Å²) in [4.78, 5) is 34.5. The molecular weight excluding hydrogens is 378 g/mol.